The van der Waals surface area contributed by atoms with Gasteiger partial charge in [0, 0.05) is 6.54 Å². The SMILES string of the molecule is CCNC(C)(C#N)CCCN1CCCC(C(N)=O)C1. The summed E-state index contributed by atoms with van der Waals surface area (Å²) in [7, 11) is 0. The highest BCUT2D eigenvalue weighted by molar-refractivity contribution is 5.76. The van der Waals surface area contributed by atoms with Crippen molar-refractivity contribution in [2.45, 2.75) is 45.1 Å². The molecule has 3 N–H and O–H groups in total. The number of carbonyl (C=O) groups excluding carboxylic acids is 1. The lowest BCUT2D eigenvalue weighted by atomic mass is 9.95. The molecule has 0 radical (unpaired) electrons. The van der Waals surface area contributed by atoms with E-state index in [9.17, 15) is 10.1 Å². The van der Waals surface area contributed by atoms with Crippen LogP contribution >= 0.6 is 0 Å². The van der Waals surface area contributed by atoms with E-state index in [1.165, 1.54) is 0 Å². The first-order valence-corrected chi connectivity index (χ1v) is 7.18. The van der Waals surface area contributed by atoms with Gasteiger partial charge in [-0.1, -0.05) is 6.92 Å². The molecule has 5 heteroatoms. The molecule has 0 bridgehead atoms. The summed E-state index contributed by atoms with van der Waals surface area (Å²) >= 11 is 0. The predicted octanol–water partition coefficient (Wildman–Crippen LogP) is 0.856. The minimum absolute atomic E-state index is 0.00451. The maximum atomic E-state index is 11.2. The second kappa shape index (κ2) is 7.46. The largest absolute Gasteiger partial charge is 0.369 e. The van der Waals surface area contributed by atoms with Crippen LogP contribution in [0.15, 0.2) is 0 Å². The van der Waals surface area contributed by atoms with Crippen LogP contribution in [0.3, 0.4) is 0 Å². The summed E-state index contributed by atoms with van der Waals surface area (Å²) < 4.78 is 0. The number of nitrogens with zero attached hydrogens (tertiary/aromatic N) is 2. The highest BCUT2D eigenvalue weighted by Crippen LogP contribution is 2.18. The maximum absolute atomic E-state index is 11.2. The van der Waals surface area contributed by atoms with E-state index in [0.717, 1.165) is 51.9 Å². The number of hydrogen-bond acceptors (Lipinski definition) is 4. The number of amides is 1. The summed E-state index contributed by atoms with van der Waals surface area (Å²) in [5.41, 5.74) is 4.93. The smallest absolute Gasteiger partial charge is 0.221 e. The molecule has 0 aromatic rings. The van der Waals surface area contributed by atoms with Crippen LogP contribution < -0.4 is 11.1 Å². The van der Waals surface area contributed by atoms with Crippen molar-refractivity contribution in [3.8, 4) is 6.07 Å². The van der Waals surface area contributed by atoms with Crippen molar-refractivity contribution >= 4 is 5.91 Å². The fourth-order valence-corrected chi connectivity index (χ4v) is 2.72. The Labute approximate surface area is 116 Å². The average molecular weight is 266 g/mol. The van der Waals surface area contributed by atoms with Gasteiger partial charge in [0.05, 0.1) is 12.0 Å². The van der Waals surface area contributed by atoms with E-state index >= 15 is 0 Å². The van der Waals surface area contributed by atoms with Gasteiger partial charge >= 0.3 is 0 Å². The van der Waals surface area contributed by atoms with Gasteiger partial charge in [-0.2, -0.15) is 5.26 Å². The number of rotatable bonds is 7. The standard InChI is InChI=1S/C14H26N4O/c1-3-17-14(2,11-15)7-5-9-18-8-4-6-12(10-18)13(16)19/h12,17H,3-10H2,1-2H3,(H2,16,19). The van der Waals surface area contributed by atoms with Crippen LogP contribution in [0.2, 0.25) is 0 Å². The number of carbonyl (C=O) groups is 1. The molecule has 1 saturated heterocycles. The Morgan fingerprint density at radius 3 is 2.95 bits per heavy atom. The van der Waals surface area contributed by atoms with Crippen molar-refractivity contribution in [1.29, 1.82) is 5.26 Å². The second-order valence-corrected chi connectivity index (χ2v) is 5.62. The molecular formula is C14H26N4O. The van der Waals surface area contributed by atoms with Gasteiger partial charge < -0.3 is 10.6 Å². The van der Waals surface area contributed by atoms with Crippen molar-refractivity contribution in [3.05, 3.63) is 0 Å². The van der Waals surface area contributed by atoms with Crippen LogP contribution in [-0.4, -0.2) is 42.5 Å². The number of primary amides is 1. The van der Waals surface area contributed by atoms with Gasteiger partial charge in [-0.3, -0.25) is 10.1 Å². The van der Waals surface area contributed by atoms with E-state index in [4.69, 9.17) is 5.73 Å². The number of nitriles is 1. The fourth-order valence-electron chi connectivity index (χ4n) is 2.72. The Morgan fingerprint density at radius 2 is 2.37 bits per heavy atom. The second-order valence-electron chi connectivity index (χ2n) is 5.62. The number of nitrogens with one attached hydrogen (secondary N) is 1. The third-order valence-electron chi connectivity index (χ3n) is 3.87. The maximum Gasteiger partial charge on any atom is 0.221 e. The molecule has 1 aliphatic rings. The van der Waals surface area contributed by atoms with Gasteiger partial charge in [0.25, 0.3) is 0 Å². The first-order valence-electron chi connectivity index (χ1n) is 7.18. The van der Waals surface area contributed by atoms with E-state index in [-0.39, 0.29) is 11.8 Å². The highest BCUT2D eigenvalue weighted by atomic mass is 16.1. The van der Waals surface area contributed by atoms with Gasteiger partial charge in [-0.25, -0.2) is 0 Å². The predicted molar refractivity (Wildman–Crippen MR) is 75.3 cm³/mol. The van der Waals surface area contributed by atoms with Gasteiger partial charge in [0.2, 0.25) is 5.91 Å². The Kier molecular flexibility index (Phi) is 6.26. The first kappa shape index (κ1) is 15.9. The summed E-state index contributed by atoms with van der Waals surface area (Å²) in [5, 5.41) is 12.4. The van der Waals surface area contributed by atoms with Gasteiger partial charge in [-0.15, -0.1) is 0 Å². The van der Waals surface area contributed by atoms with Crippen LogP contribution in [0.4, 0.5) is 0 Å². The van der Waals surface area contributed by atoms with Crippen LogP contribution in [0.1, 0.15) is 39.5 Å². The summed E-state index contributed by atoms with van der Waals surface area (Å²) in [6.45, 7) is 7.51. The minimum atomic E-state index is -0.437. The van der Waals surface area contributed by atoms with E-state index in [0.29, 0.717) is 0 Å². The van der Waals surface area contributed by atoms with E-state index < -0.39 is 5.54 Å². The molecule has 1 amide bonds. The molecule has 19 heavy (non-hydrogen) atoms. The zero-order valence-corrected chi connectivity index (χ0v) is 12.1. The lowest BCUT2D eigenvalue weighted by molar-refractivity contribution is -0.123. The van der Waals surface area contributed by atoms with E-state index in [1.807, 2.05) is 13.8 Å². The normalized spacial score (nSPS) is 23.5. The molecular weight excluding hydrogens is 240 g/mol. The number of hydrogen-bond donors (Lipinski definition) is 2. The molecule has 0 aliphatic carbocycles. The van der Waals surface area contributed by atoms with Crippen LogP contribution in [0.25, 0.3) is 0 Å². The molecule has 0 aromatic carbocycles. The zero-order chi connectivity index (χ0) is 14.3. The molecule has 1 rings (SSSR count). The van der Waals surface area contributed by atoms with Crippen molar-refractivity contribution in [2.24, 2.45) is 11.7 Å². The summed E-state index contributed by atoms with van der Waals surface area (Å²) in [6.07, 6.45) is 3.74. The Bertz CT molecular complexity index is 339. The number of nitrogens with two attached hydrogens (primary N) is 1. The van der Waals surface area contributed by atoms with Crippen molar-refractivity contribution in [2.75, 3.05) is 26.2 Å². The highest BCUT2D eigenvalue weighted by Gasteiger charge is 2.25. The molecule has 0 aromatic heterocycles. The van der Waals surface area contributed by atoms with Gasteiger partial charge in [0.15, 0.2) is 0 Å². The lowest BCUT2D eigenvalue weighted by Gasteiger charge is -2.32. The average Bonchev–Trinajstić information content (AvgIpc) is 2.39. The summed E-state index contributed by atoms with van der Waals surface area (Å²) in [6, 6.07) is 2.34. The van der Waals surface area contributed by atoms with Gasteiger partial charge in [-0.05, 0) is 52.2 Å². The minimum Gasteiger partial charge on any atom is -0.369 e. The van der Waals surface area contributed by atoms with Crippen molar-refractivity contribution in [1.82, 2.24) is 10.2 Å². The third-order valence-corrected chi connectivity index (χ3v) is 3.87. The molecule has 108 valence electrons. The van der Waals surface area contributed by atoms with E-state index in [2.05, 4.69) is 16.3 Å². The van der Waals surface area contributed by atoms with Crippen LogP contribution in [0, 0.1) is 17.2 Å². The number of likely N-dealkylation sites (tertiary alicyclic amines) is 1. The topological polar surface area (TPSA) is 82.2 Å². The summed E-state index contributed by atoms with van der Waals surface area (Å²) in [4.78, 5) is 13.5. The monoisotopic (exact) mass is 266 g/mol. The molecule has 1 fully saturated rings. The summed E-state index contributed by atoms with van der Waals surface area (Å²) in [5.74, 6) is -0.177. The zero-order valence-electron chi connectivity index (χ0n) is 12.1. The van der Waals surface area contributed by atoms with E-state index in [1.54, 1.807) is 0 Å². The molecule has 2 atom stereocenters. The molecule has 1 heterocycles. The Hall–Kier alpha value is -1.12. The van der Waals surface area contributed by atoms with Crippen molar-refractivity contribution in [3.63, 3.8) is 0 Å². The third kappa shape index (κ3) is 5.17. The Balaban J connectivity index is 2.33. The quantitative estimate of drug-likeness (QED) is 0.716. The van der Waals surface area contributed by atoms with Crippen LogP contribution in [0.5, 0.6) is 0 Å². The Morgan fingerprint density at radius 1 is 1.63 bits per heavy atom. The first-order chi connectivity index (χ1) is 9.00. The molecule has 0 spiro atoms. The molecule has 2 unspecified atom stereocenters. The lowest BCUT2D eigenvalue weighted by Crippen LogP contribution is -2.43. The molecule has 1 aliphatic heterocycles. The number of piperidine rings is 1. The van der Waals surface area contributed by atoms with Gasteiger partial charge in [0.1, 0.15) is 5.54 Å². The molecule has 5 nitrogen and oxygen atoms in total. The van der Waals surface area contributed by atoms with Crippen molar-refractivity contribution < 1.29 is 4.79 Å². The van der Waals surface area contributed by atoms with Crippen LogP contribution in [-0.2, 0) is 4.79 Å². The fraction of sp³-hybridized carbons (Fsp3) is 0.857. The molecule has 0 saturated carbocycles.